The highest BCUT2D eigenvalue weighted by atomic mass is 19.4. The number of alkyl halides is 5. The first kappa shape index (κ1) is 14.6. The van der Waals surface area contributed by atoms with Crippen molar-refractivity contribution in [2.24, 2.45) is 5.73 Å². The summed E-state index contributed by atoms with van der Waals surface area (Å²) in [6.45, 7) is -1.20. The lowest BCUT2D eigenvalue weighted by Gasteiger charge is -2.14. The van der Waals surface area contributed by atoms with Gasteiger partial charge in [0.05, 0.1) is 12.3 Å². The van der Waals surface area contributed by atoms with Gasteiger partial charge in [-0.25, -0.2) is 13.8 Å². The molecule has 1 aromatic rings. The summed E-state index contributed by atoms with van der Waals surface area (Å²) in [5.41, 5.74) is 3.90. The van der Waals surface area contributed by atoms with E-state index in [1.54, 1.807) is 0 Å². The first-order valence-corrected chi connectivity index (χ1v) is 4.66. The number of aliphatic hydroxyl groups is 1. The number of ether oxygens (including phenoxy) is 1. The summed E-state index contributed by atoms with van der Waals surface area (Å²) in [4.78, 5) is 3.28. The Morgan fingerprint density at radius 3 is 2.39 bits per heavy atom. The molecule has 102 valence electrons. The van der Waals surface area contributed by atoms with Gasteiger partial charge in [-0.15, -0.1) is 13.2 Å². The molecule has 0 radical (unpaired) electrons. The van der Waals surface area contributed by atoms with Crippen molar-refractivity contribution >= 4 is 0 Å². The van der Waals surface area contributed by atoms with E-state index in [0.29, 0.717) is 6.07 Å². The van der Waals surface area contributed by atoms with Crippen molar-refractivity contribution in [2.45, 2.75) is 25.9 Å². The van der Waals surface area contributed by atoms with E-state index < -0.39 is 30.8 Å². The van der Waals surface area contributed by atoms with Crippen molar-refractivity contribution in [3.05, 3.63) is 22.9 Å². The quantitative estimate of drug-likeness (QED) is 0.821. The topological polar surface area (TPSA) is 68.4 Å². The molecule has 0 amide bonds. The van der Waals surface area contributed by atoms with Gasteiger partial charge in [0, 0.05) is 18.2 Å². The number of aliphatic hydroxyl groups excluding tert-OH is 1. The van der Waals surface area contributed by atoms with Gasteiger partial charge in [0.2, 0.25) is 5.88 Å². The predicted molar refractivity (Wildman–Crippen MR) is 49.7 cm³/mol. The molecule has 1 rings (SSSR count). The summed E-state index contributed by atoms with van der Waals surface area (Å²) in [6.07, 6.45) is -8.10. The summed E-state index contributed by atoms with van der Waals surface area (Å²) < 4.78 is 64.6. The number of hydrogen-bond acceptors (Lipinski definition) is 4. The maximum absolute atomic E-state index is 12.6. The molecule has 0 fully saturated rings. The summed E-state index contributed by atoms with van der Waals surface area (Å²) in [5.74, 6) is -1.06. The van der Waals surface area contributed by atoms with E-state index in [-0.39, 0.29) is 17.8 Å². The average molecular weight is 272 g/mol. The Morgan fingerprint density at radius 2 is 2.00 bits per heavy atom. The molecule has 0 aliphatic heterocycles. The zero-order valence-electron chi connectivity index (χ0n) is 8.84. The van der Waals surface area contributed by atoms with E-state index in [2.05, 4.69) is 9.72 Å². The Hall–Kier alpha value is -1.48. The molecule has 4 nitrogen and oxygen atoms in total. The summed E-state index contributed by atoms with van der Waals surface area (Å²) in [7, 11) is 0. The van der Waals surface area contributed by atoms with Crippen LogP contribution in [-0.4, -0.2) is 16.5 Å². The second kappa shape index (κ2) is 5.44. The predicted octanol–water partition coefficient (Wildman–Crippen LogP) is 1.87. The second-order valence-corrected chi connectivity index (χ2v) is 3.19. The lowest BCUT2D eigenvalue weighted by molar-refractivity contribution is -0.276. The first-order valence-electron chi connectivity index (χ1n) is 4.66. The van der Waals surface area contributed by atoms with Gasteiger partial charge in [-0.1, -0.05) is 0 Å². The van der Waals surface area contributed by atoms with Crippen LogP contribution in [0.15, 0.2) is 6.07 Å². The lowest BCUT2D eigenvalue weighted by Crippen LogP contribution is -2.19. The van der Waals surface area contributed by atoms with Gasteiger partial charge in [0.15, 0.2) is 0 Å². The Labute approximate surface area is 98.2 Å². The number of halogens is 5. The van der Waals surface area contributed by atoms with Gasteiger partial charge in [0.1, 0.15) is 0 Å². The maximum Gasteiger partial charge on any atom is 0.574 e. The molecule has 0 spiro atoms. The minimum absolute atomic E-state index is 0.193. The number of pyridine rings is 1. The van der Waals surface area contributed by atoms with Crippen LogP contribution in [0.1, 0.15) is 23.2 Å². The Kier molecular flexibility index (Phi) is 4.41. The van der Waals surface area contributed by atoms with E-state index in [0.717, 1.165) is 0 Å². The molecular weight excluding hydrogens is 263 g/mol. The highest BCUT2D eigenvalue weighted by Gasteiger charge is 2.33. The summed E-state index contributed by atoms with van der Waals surface area (Å²) >= 11 is 0. The highest BCUT2D eigenvalue weighted by molar-refractivity contribution is 5.36. The molecule has 0 aliphatic carbocycles. The molecule has 1 heterocycles. The van der Waals surface area contributed by atoms with Gasteiger partial charge in [0.25, 0.3) is 6.43 Å². The van der Waals surface area contributed by atoms with Crippen LogP contribution < -0.4 is 10.5 Å². The monoisotopic (exact) mass is 272 g/mol. The second-order valence-electron chi connectivity index (χ2n) is 3.19. The molecule has 0 aliphatic rings. The highest BCUT2D eigenvalue weighted by Crippen LogP contribution is 2.30. The Bertz CT molecular complexity index is 422. The molecule has 0 atom stereocenters. The van der Waals surface area contributed by atoms with E-state index in [9.17, 15) is 22.0 Å². The van der Waals surface area contributed by atoms with Crippen LogP contribution in [0, 0.1) is 0 Å². The first-order chi connectivity index (χ1) is 8.28. The van der Waals surface area contributed by atoms with Crippen LogP contribution in [-0.2, 0) is 13.2 Å². The van der Waals surface area contributed by atoms with Crippen molar-refractivity contribution in [3.63, 3.8) is 0 Å². The Balaban J connectivity index is 3.27. The molecule has 0 unspecified atom stereocenters. The van der Waals surface area contributed by atoms with Crippen molar-refractivity contribution in [3.8, 4) is 5.88 Å². The maximum atomic E-state index is 12.6. The molecule has 3 N–H and O–H groups in total. The summed E-state index contributed by atoms with van der Waals surface area (Å²) in [5, 5.41) is 8.88. The van der Waals surface area contributed by atoms with Crippen LogP contribution in [0.2, 0.25) is 0 Å². The normalized spacial score (nSPS) is 12.0. The molecule has 0 saturated carbocycles. The van der Waals surface area contributed by atoms with Gasteiger partial charge >= 0.3 is 6.36 Å². The number of rotatable bonds is 4. The van der Waals surface area contributed by atoms with Crippen LogP contribution in [0.3, 0.4) is 0 Å². The minimum atomic E-state index is -5.05. The fourth-order valence-corrected chi connectivity index (χ4v) is 1.35. The van der Waals surface area contributed by atoms with Gasteiger partial charge in [-0.05, 0) is 5.56 Å². The molecular formula is C9H9F5N2O2. The molecule has 0 bridgehead atoms. The molecule has 9 heteroatoms. The van der Waals surface area contributed by atoms with Crippen LogP contribution in [0.25, 0.3) is 0 Å². The van der Waals surface area contributed by atoms with Gasteiger partial charge < -0.3 is 15.6 Å². The van der Waals surface area contributed by atoms with Crippen molar-refractivity contribution in [2.75, 3.05) is 0 Å². The van der Waals surface area contributed by atoms with E-state index >= 15 is 0 Å². The van der Waals surface area contributed by atoms with E-state index in [1.165, 1.54) is 0 Å². The van der Waals surface area contributed by atoms with Crippen molar-refractivity contribution in [1.29, 1.82) is 0 Å². The van der Waals surface area contributed by atoms with Gasteiger partial charge in [-0.3, -0.25) is 0 Å². The zero-order valence-corrected chi connectivity index (χ0v) is 8.84. The minimum Gasteiger partial charge on any atom is -0.390 e. The van der Waals surface area contributed by atoms with Crippen LogP contribution in [0.5, 0.6) is 5.88 Å². The van der Waals surface area contributed by atoms with E-state index in [4.69, 9.17) is 10.8 Å². The standard InChI is InChI=1S/C9H9F5N2O2/c10-8(11)4-1-7(18-9(12,13)14)16-6(3-17)5(4)2-15/h1,8,17H,2-3,15H2. The Morgan fingerprint density at radius 1 is 1.39 bits per heavy atom. The SMILES string of the molecule is NCc1c(C(F)F)cc(OC(F)(F)F)nc1CO. The molecule has 0 aromatic carbocycles. The fraction of sp³-hybridized carbons (Fsp3) is 0.444. The van der Waals surface area contributed by atoms with Crippen LogP contribution >= 0.6 is 0 Å². The van der Waals surface area contributed by atoms with Crippen LogP contribution in [0.4, 0.5) is 22.0 Å². The number of nitrogens with zero attached hydrogens (tertiary/aromatic N) is 1. The third kappa shape index (κ3) is 3.50. The average Bonchev–Trinajstić information content (AvgIpc) is 2.25. The van der Waals surface area contributed by atoms with E-state index in [1.807, 2.05) is 0 Å². The molecule has 0 saturated heterocycles. The van der Waals surface area contributed by atoms with Gasteiger partial charge in [-0.2, -0.15) is 0 Å². The molecule has 18 heavy (non-hydrogen) atoms. The summed E-state index contributed by atoms with van der Waals surface area (Å²) in [6, 6.07) is 0.458. The fourth-order valence-electron chi connectivity index (χ4n) is 1.35. The number of aromatic nitrogens is 1. The van der Waals surface area contributed by atoms with Crippen molar-refractivity contribution in [1.82, 2.24) is 4.98 Å². The third-order valence-corrected chi connectivity index (χ3v) is 2.03. The largest absolute Gasteiger partial charge is 0.574 e. The number of hydrogen-bond donors (Lipinski definition) is 2. The lowest BCUT2D eigenvalue weighted by atomic mass is 10.1. The molecule has 1 aromatic heterocycles. The van der Waals surface area contributed by atoms with Crippen molar-refractivity contribution < 1.29 is 31.8 Å². The number of nitrogens with two attached hydrogens (primary N) is 1. The zero-order chi connectivity index (χ0) is 13.9. The third-order valence-electron chi connectivity index (χ3n) is 2.03. The smallest absolute Gasteiger partial charge is 0.390 e.